The Morgan fingerprint density at radius 2 is 1.83 bits per heavy atom. The minimum Gasteiger partial charge on any atom is -0.326 e. The van der Waals surface area contributed by atoms with Gasteiger partial charge in [-0.25, -0.2) is 0 Å². The number of hydrogen-bond donors (Lipinski definition) is 1. The molecule has 0 saturated heterocycles. The molecule has 0 unspecified atom stereocenters. The first kappa shape index (κ1) is 18.3. The summed E-state index contributed by atoms with van der Waals surface area (Å²) >= 11 is 12.0. The summed E-state index contributed by atoms with van der Waals surface area (Å²) < 4.78 is 0. The molecule has 0 saturated carbocycles. The van der Waals surface area contributed by atoms with Crippen LogP contribution >= 0.6 is 23.2 Å². The monoisotopic (exact) mass is 364 g/mol. The largest absolute Gasteiger partial charge is 0.326 e. The molecule has 0 bridgehead atoms. The first-order chi connectivity index (χ1) is 11.4. The highest BCUT2D eigenvalue weighted by Crippen LogP contribution is 2.29. The summed E-state index contributed by atoms with van der Waals surface area (Å²) in [7, 11) is 0. The average Bonchev–Trinajstić information content (AvgIpc) is 2.51. The van der Waals surface area contributed by atoms with Gasteiger partial charge >= 0.3 is 0 Å². The third-order valence-electron chi connectivity index (χ3n) is 3.56. The van der Waals surface area contributed by atoms with Crippen molar-refractivity contribution >= 4 is 46.4 Å². The summed E-state index contributed by atoms with van der Waals surface area (Å²) in [5.41, 5.74) is 2.29. The lowest BCUT2D eigenvalue weighted by Crippen LogP contribution is -2.32. The number of benzene rings is 2. The van der Waals surface area contributed by atoms with Gasteiger partial charge in [0.05, 0.1) is 10.7 Å². The number of carbonyl (C=O) groups excluding carboxylic acids is 2. The van der Waals surface area contributed by atoms with Crippen molar-refractivity contribution in [1.29, 1.82) is 0 Å². The van der Waals surface area contributed by atoms with Crippen LogP contribution in [0.15, 0.2) is 42.5 Å². The Kier molecular flexibility index (Phi) is 6.23. The Bertz CT molecular complexity index is 762. The summed E-state index contributed by atoms with van der Waals surface area (Å²) in [5, 5.41) is 3.71. The van der Waals surface area contributed by atoms with E-state index < -0.39 is 0 Å². The number of nitrogens with zero attached hydrogens (tertiary/aromatic N) is 1. The first-order valence-corrected chi connectivity index (χ1v) is 8.22. The molecule has 0 aliphatic carbocycles. The Labute approximate surface area is 151 Å². The van der Waals surface area contributed by atoms with Crippen LogP contribution in [0.1, 0.15) is 18.9 Å². The topological polar surface area (TPSA) is 49.4 Å². The number of carbonyl (C=O) groups is 2. The van der Waals surface area contributed by atoms with Crippen LogP contribution in [0.4, 0.5) is 11.4 Å². The van der Waals surface area contributed by atoms with Gasteiger partial charge in [-0.15, -0.1) is 0 Å². The van der Waals surface area contributed by atoms with Gasteiger partial charge in [-0.1, -0.05) is 41.4 Å². The smallest absolute Gasteiger partial charge is 0.226 e. The van der Waals surface area contributed by atoms with Gasteiger partial charge in [-0.3, -0.25) is 9.59 Å². The van der Waals surface area contributed by atoms with Crippen LogP contribution in [0.5, 0.6) is 0 Å². The van der Waals surface area contributed by atoms with Crippen molar-refractivity contribution in [3.05, 3.63) is 58.1 Å². The van der Waals surface area contributed by atoms with Crippen LogP contribution in [0.2, 0.25) is 10.0 Å². The van der Waals surface area contributed by atoms with Crippen molar-refractivity contribution < 1.29 is 9.59 Å². The van der Waals surface area contributed by atoms with Gasteiger partial charge in [0, 0.05) is 30.6 Å². The van der Waals surface area contributed by atoms with Gasteiger partial charge < -0.3 is 10.2 Å². The molecule has 4 nitrogen and oxygen atoms in total. The van der Waals surface area contributed by atoms with E-state index in [4.69, 9.17) is 23.2 Å². The molecule has 0 spiro atoms. The van der Waals surface area contributed by atoms with Crippen LogP contribution in [-0.4, -0.2) is 18.4 Å². The van der Waals surface area contributed by atoms with Gasteiger partial charge in [0.15, 0.2) is 0 Å². The zero-order valence-electron chi connectivity index (χ0n) is 13.5. The number of rotatable bonds is 5. The number of halogens is 2. The van der Waals surface area contributed by atoms with Crippen molar-refractivity contribution in [2.45, 2.75) is 20.3 Å². The molecule has 0 heterocycles. The van der Waals surface area contributed by atoms with Crippen molar-refractivity contribution in [2.24, 2.45) is 0 Å². The third-order valence-corrected chi connectivity index (χ3v) is 4.10. The highest BCUT2D eigenvalue weighted by Gasteiger charge is 2.16. The fourth-order valence-electron chi connectivity index (χ4n) is 2.29. The Morgan fingerprint density at radius 3 is 2.46 bits per heavy atom. The molecule has 24 heavy (non-hydrogen) atoms. The van der Waals surface area contributed by atoms with Gasteiger partial charge in [0.25, 0.3) is 0 Å². The molecule has 126 valence electrons. The lowest BCUT2D eigenvalue weighted by atomic mass is 10.2. The fourth-order valence-corrected chi connectivity index (χ4v) is 2.80. The van der Waals surface area contributed by atoms with Crippen molar-refractivity contribution in [1.82, 2.24) is 0 Å². The summed E-state index contributed by atoms with van der Waals surface area (Å²) in [6, 6.07) is 12.4. The standard InChI is InChI=1S/C18H18Cl2N2O2/c1-12-5-3-4-6-16(12)21-18(24)9-10-22(13(2)23)17-8-7-14(19)11-15(17)20/h3-8,11H,9-10H2,1-2H3,(H,21,24). The van der Waals surface area contributed by atoms with E-state index in [0.717, 1.165) is 11.3 Å². The Balaban J connectivity index is 2.05. The molecule has 0 fully saturated rings. The Morgan fingerprint density at radius 1 is 1.12 bits per heavy atom. The molecule has 0 radical (unpaired) electrons. The SMILES string of the molecule is CC(=O)N(CCC(=O)Nc1ccccc1C)c1ccc(Cl)cc1Cl. The second-order valence-corrected chi connectivity index (χ2v) is 6.22. The maximum Gasteiger partial charge on any atom is 0.226 e. The molecule has 6 heteroatoms. The van der Waals surface area contributed by atoms with Crippen LogP contribution in [0.3, 0.4) is 0 Å². The van der Waals surface area contributed by atoms with Gasteiger partial charge in [-0.05, 0) is 36.8 Å². The number of nitrogens with one attached hydrogen (secondary N) is 1. The highest BCUT2D eigenvalue weighted by atomic mass is 35.5. The van der Waals surface area contributed by atoms with E-state index in [9.17, 15) is 9.59 Å². The zero-order valence-corrected chi connectivity index (χ0v) is 15.0. The number of aryl methyl sites for hydroxylation is 1. The molecule has 0 aliphatic rings. The van der Waals surface area contributed by atoms with Crippen LogP contribution in [0, 0.1) is 6.92 Å². The molecule has 2 aromatic rings. The molecular weight excluding hydrogens is 347 g/mol. The second kappa shape index (κ2) is 8.18. The van der Waals surface area contributed by atoms with Gasteiger partial charge in [0.2, 0.25) is 11.8 Å². The van der Waals surface area contributed by atoms with Crippen LogP contribution < -0.4 is 10.2 Å². The molecule has 1 N–H and O–H groups in total. The molecule has 2 amide bonds. The molecular formula is C18H18Cl2N2O2. The maximum absolute atomic E-state index is 12.2. The molecule has 2 aromatic carbocycles. The molecule has 0 aliphatic heterocycles. The van der Waals surface area contributed by atoms with E-state index in [0.29, 0.717) is 15.7 Å². The van der Waals surface area contributed by atoms with E-state index in [1.54, 1.807) is 18.2 Å². The summed E-state index contributed by atoms with van der Waals surface area (Å²) in [6.07, 6.45) is 0.160. The first-order valence-electron chi connectivity index (χ1n) is 7.47. The van der Waals surface area contributed by atoms with E-state index in [-0.39, 0.29) is 24.8 Å². The Hall–Kier alpha value is -2.04. The normalized spacial score (nSPS) is 10.3. The maximum atomic E-state index is 12.2. The summed E-state index contributed by atoms with van der Waals surface area (Å²) in [6.45, 7) is 3.59. The third kappa shape index (κ3) is 4.73. The number of hydrogen-bond acceptors (Lipinski definition) is 2. The lowest BCUT2D eigenvalue weighted by molar-refractivity contribution is -0.117. The fraction of sp³-hybridized carbons (Fsp3) is 0.222. The van der Waals surface area contributed by atoms with Gasteiger partial charge in [0.1, 0.15) is 0 Å². The van der Waals surface area contributed by atoms with E-state index >= 15 is 0 Å². The quantitative estimate of drug-likeness (QED) is 0.836. The van der Waals surface area contributed by atoms with E-state index in [2.05, 4.69) is 5.32 Å². The average molecular weight is 365 g/mol. The van der Waals surface area contributed by atoms with E-state index in [1.807, 2.05) is 31.2 Å². The minimum atomic E-state index is -0.192. The predicted octanol–water partition coefficient (Wildman–Crippen LogP) is 4.68. The van der Waals surface area contributed by atoms with Crippen LogP contribution in [0.25, 0.3) is 0 Å². The number of para-hydroxylation sites is 1. The molecule has 0 aromatic heterocycles. The molecule has 0 atom stereocenters. The summed E-state index contributed by atoms with van der Waals surface area (Å²) in [4.78, 5) is 25.5. The highest BCUT2D eigenvalue weighted by molar-refractivity contribution is 6.36. The van der Waals surface area contributed by atoms with Crippen molar-refractivity contribution in [3.8, 4) is 0 Å². The molecule has 2 rings (SSSR count). The van der Waals surface area contributed by atoms with Crippen LogP contribution in [-0.2, 0) is 9.59 Å². The van der Waals surface area contributed by atoms with Gasteiger partial charge in [-0.2, -0.15) is 0 Å². The summed E-state index contributed by atoms with van der Waals surface area (Å²) in [5.74, 6) is -0.358. The lowest BCUT2D eigenvalue weighted by Gasteiger charge is -2.22. The predicted molar refractivity (Wildman–Crippen MR) is 98.9 cm³/mol. The number of anilines is 2. The number of amides is 2. The zero-order chi connectivity index (χ0) is 17.7. The van der Waals surface area contributed by atoms with E-state index in [1.165, 1.54) is 11.8 Å². The van der Waals surface area contributed by atoms with Crippen molar-refractivity contribution in [3.63, 3.8) is 0 Å². The second-order valence-electron chi connectivity index (χ2n) is 5.38. The minimum absolute atomic E-state index is 0.160. The van der Waals surface area contributed by atoms with Crippen molar-refractivity contribution in [2.75, 3.05) is 16.8 Å².